The summed E-state index contributed by atoms with van der Waals surface area (Å²) in [7, 11) is -3.58. The monoisotopic (exact) mass is 426 g/mol. The van der Waals surface area contributed by atoms with E-state index in [0.29, 0.717) is 17.3 Å². The summed E-state index contributed by atoms with van der Waals surface area (Å²) in [6.45, 7) is 2.27. The van der Waals surface area contributed by atoms with Crippen LogP contribution < -0.4 is 9.62 Å². The third-order valence-corrected chi connectivity index (χ3v) is 6.18. The molecular formula is C19H23ClN2O3S2. The number of halogens is 1. The van der Waals surface area contributed by atoms with Crippen molar-refractivity contribution in [3.63, 3.8) is 0 Å². The van der Waals surface area contributed by atoms with Crippen LogP contribution in [0.2, 0.25) is 5.02 Å². The van der Waals surface area contributed by atoms with Crippen molar-refractivity contribution in [3.8, 4) is 0 Å². The number of rotatable bonds is 9. The van der Waals surface area contributed by atoms with Gasteiger partial charge in [0.2, 0.25) is 15.9 Å². The van der Waals surface area contributed by atoms with Gasteiger partial charge in [0.15, 0.2) is 0 Å². The lowest BCUT2D eigenvalue weighted by molar-refractivity contribution is -0.119. The van der Waals surface area contributed by atoms with Crippen molar-refractivity contribution in [1.82, 2.24) is 5.32 Å². The number of nitrogens with one attached hydrogen (secondary N) is 1. The molecule has 0 atom stereocenters. The van der Waals surface area contributed by atoms with E-state index in [9.17, 15) is 13.2 Å². The number of benzene rings is 2. The summed E-state index contributed by atoms with van der Waals surface area (Å²) < 4.78 is 25.1. The number of nitrogens with zero attached hydrogens (tertiary/aromatic N) is 1. The van der Waals surface area contributed by atoms with Crippen LogP contribution in [-0.2, 0) is 20.6 Å². The van der Waals surface area contributed by atoms with Crippen LogP contribution in [0.5, 0.6) is 0 Å². The zero-order valence-electron chi connectivity index (χ0n) is 15.3. The maximum absolute atomic E-state index is 12.2. The SMILES string of the molecule is Cc1ccc(CSCCNC(=O)CN(c2ccc(Cl)cc2)S(C)(=O)=O)cc1. The highest BCUT2D eigenvalue weighted by Crippen LogP contribution is 2.20. The van der Waals surface area contributed by atoms with E-state index < -0.39 is 10.0 Å². The predicted octanol–water partition coefficient (Wildman–Crippen LogP) is 3.46. The summed E-state index contributed by atoms with van der Waals surface area (Å²) in [6.07, 6.45) is 1.08. The van der Waals surface area contributed by atoms with E-state index in [4.69, 9.17) is 11.6 Å². The first kappa shape index (κ1) is 21.6. The summed E-state index contributed by atoms with van der Waals surface area (Å²) in [5.74, 6) is 1.28. The molecule has 0 aromatic heterocycles. The number of carbonyl (C=O) groups is 1. The number of hydrogen-bond donors (Lipinski definition) is 1. The maximum Gasteiger partial charge on any atom is 0.240 e. The van der Waals surface area contributed by atoms with Gasteiger partial charge in [-0.1, -0.05) is 41.4 Å². The van der Waals surface area contributed by atoms with Gasteiger partial charge in [-0.3, -0.25) is 9.10 Å². The molecule has 2 aromatic carbocycles. The first-order valence-electron chi connectivity index (χ1n) is 8.39. The zero-order chi connectivity index (χ0) is 19.9. The molecule has 0 aliphatic rings. The van der Waals surface area contributed by atoms with E-state index in [1.165, 1.54) is 11.1 Å². The summed E-state index contributed by atoms with van der Waals surface area (Å²) >= 11 is 7.55. The fourth-order valence-electron chi connectivity index (χ4n) is 2.33. The van der Waals surface area contributed by atoms with Crippen LogP contribution in [0.3, 0.4) is 0 Å². The van der Waals surface area contributed by atoms with Crippen molar-refractivity contribution >= 4 is 45.0 Å². The van der Waals surface area contributed by atoms with E-state index >= 15 is 0 Å². The zero-order valence-corrected chi connectivity index (χ0v) is 17.7. The average molecular weight is 427 g/mol. The fourth-order valence-corrected chi connectivity index (χ4v) is 4.13. The summed E-state index contributed by atoms with van der Waals surface area (Å²) in [6, 6.07) is 14.7. The summed E-state index contributed by atoms with van der Waals surface area (Å²) in [4.78, 5) is 12.2. The summed E-state index contributed by atoms with van der Waals surface area (Å²) in [5, 5.41) is 3.27. The molecule has 0 bridgehead atoms. The molecule has 0 aliphatic heterocycles. The second kappa shape index (κ2) is 10.0. The molecule has 5 nitrogen and oxygen atoms in total. The quantitative estimate of drug-likeness (QED) is 0.623. The molecule has 0 spiro atoms. The smallest absolute Gasteiger partial charge is 0.240 e. The van der Waals surface area contributed by atoms with E-state index in [1.807, 2.05) is 0 Å². The Labute approximate surface area is 170 Å². The van der Waals surface area contributed by atoms with Crippen LogP contribution in [0.4, 0.5) is 5.69 Å². The Morgan fingerprint density at radius 1 is 1.11 bits per heavy atom. The van der Waals surface area contributed by atoms with Gasteiger partial charge in [0.05, 0.1) is 11.9 Å². The van der Waals surface area contributed by atoms with Gasteiger partial charge >= 0.3 is 0 Å². The van der Waals surface area contributed by atoms with Crippen LogP contribution in [0, 0.1) is 6.92 Å². The van der Waals surface area contributed by atoms with Crippen molar-refractivity contribution in [2.24, 2.45) is 0 Å². The molecule has 0 saturated heterocycles. The lowest BCUT2D eigenvalue weighted by atomic mass is 10.2. The van der Waals surface area contributed by atoms with E-state index in [0.717, 1.165) is 22.1 Å². The first-order chi connectivity index (χ1) is 12.8. The minimum atomic E-state index is -3.58. The largest absolute Gasteiger partial charge is 0.354 e. The van der Waals surface area contributed by atoms with Gasteiger partial charge in [-0.2, -0.15) is 11.8 Å². The maximum atomic E-state index is 12.2. The minimum absolute atomic E-state index is 0.261. The minimum Gasteiger partial charge on any atom is -0.354 e. The Hall–Kier alpha value is -1.70. The fraction of sp³-hybridized carbons (Fsp3) is 0.316. The van der Waals surface area contributed by atoms with Crippen LogP contribution in [-0.4, -0.2) is 39.4 Å². The molecule has 0 aliphatic carbocycles. The second-order valence-electron chi connectivity index (χ2n) is 6.13. The lowest BCUT2D eigenvalue weighted by Gasteiger charge is -2.21. The molecule has 27 heavy (non-hydrogen) atoms. The second-order valence-corrected chi connectivity index (χ2v) is 9.58. The highest BCUT2D eigenvalue weighted by Gasteiger charge is 2.20. The van der Waals surface area contributed by atoms with Crippen molar-refractivity contribution in [2.75, 3.05) is 29.4 Å². The van der Waals surface area contributed by atoms with Gasteiger partial charge in [0, 0.05) is 23.1 Å². The highest BCUT2D eigenvalue weighted by molar-refractivity contribution is 7.98. The Balaban J connectivity index is 1.80. The number of amides is 1. The number of hydrogen-bond acceptors (Lipinski definition) is 4. The topological polar surface area (TPSA) is 66.5 Å². The van der Waals surface area contributed by atoms with Crippen LogP contribution in [0.1, 0.15) is 11.1 Å². The molecule has 2 rings (SSSR count). The molecule has 0 unspecified atom stereocenters. The first-order valence-corrected chi connectivity index (χ1v) is 11.8. The molecule has 0 fully saturated rings. The van der Waals surface area contributed by atoms with Gasteiger partial charge in [0.1, 0.15) is 6.54 Å². The van der Waals surface area contributed by atoms with Crippen molar-refractivity contribution in [1.29, 1.82) is 0 Å². The van der Waals surface area contributed by atoms with Gasteiger partial charge in [0.25, 0.3) is 0 Å². The Morgan fingerprint density at radius 3 is 2.33 bits per heavy atom. The van der Waals surface area contributed by atoms with Gasteiger partial charge < -0.3 is 5.32 Å². The van der Waals surface area contributed by atoms with E-state index in [1.54, 1.807) is 36.0 Å². The molecule has 0 radical (unpaired) electrons. The molecular weight excluding hydrogens is 404 g/mol. The Bertz CT molecular complexity index is 854. The van der Waals surface area contributed by atoms with Crippen LogP contribution >= 0.6 is 23.4 Å². The highest BCUT2D eigenvalue weighted by atomic mass is 35.5. The Morgan fingerprint density at radius 2 is 1.74 bits per heavy atom. The standard InChI is InChI=1S/C19H23ClN2O3S2/c1-15-3-5-16(6-4-15)14-26-12-11-21-19(23)13-22(27(2,24)25)18-9-7-17(20)8-10-18/h3-10H,11-14H2,1-2H3,(H,21,23). The molecule has 0 saturated carbocycles. The summed E-state index contributed by atoms with van der Waals surface area (Å²) in [5.41, 5.74) is 2.88. The molecule has 1 amide bonds. The van der Waals surface area contributed by atoms with Gasteiger partial charge in [-0.25, -0.2) is 8.42 Å². The van der Waals surface area contributed by atoms with E-state index in [-0.39, 0.29) is 12.5 Å². The number of sulfonamides is 1. The average Bonchev–Trinajstić information content (AvgIpc) is 2.61. The normalized spacial score (nSPS) is 11.2. The van der Waals surface area contributed by atoms with Crippen LogP contribution in [0.15, 0.2) is 48.5 Å². The number of thioether (sulfide) groups is 1. The number of carbonyl (C=O) groups excluding carboxylic acids is 1. The Kier molecular flexibility index (Phi) is 8.01. The third kappa shape index (κ3) is 7.44. The molecule has 2 aromatic rings. The van der Waals surface area contributed by atoms with Gasteiger partial charge in [-0.15, -0.1) is 0 Å². The van der Waals surface area contributed by atoms with Crippen molar-refractivity contribution < 1.29 is 13.2 Å². The number of anilines is 1. The molecule has 1 N–H and O–H groups in total. The number of aryl methyl sites for hydroxylation is 1. The van der Waals surface area contributed by atoms with Gasteiger partial charge in [-0.05, 0) is 36.8 Å². The third-order valence-electron chi connectivity index (χ3n) is 3.76. The van der Waals surface area contributed by atoms with Crippen molar-refractivity contribution in [2.45, 2.75) is 12.7 Å². The van der Waals surface area contributed by atoms with Crippen LogP contribution in [0.25, 0.3) is 0 Å². The predicted molar refractivity (Wildman–Crippen MR) is 114 cm³/mol. The van der Waals surface area contributed by atoms with Crippen molar-refractivity contribution in [3.05, 3.63) is 64.7 Å². The lowest BCUT2D eigenvalue weighted by Crippen LogP contribution is -2.41. The van der Waals surface area contributed by atoms with E-state index in [2.05, 4.69) is 36.5 Å². The molecule has 146 valence electrons. The molecule has 8 heteroatoms. The molecule has 0 heterocycles.